The first-order valence-corrected chi connectivity index (χ1v) is 9.11. The van der Waals surface area contributed by atoms with Gasteiger partial charge in [0.2, 0.25) is 0 Å². The zero-order valence-electron chi connectivity index (χ0n) is 16.0. The van der Waals surface area contributed by atoms with E-state index >= 15 is 0 Å². The molecule has 3 N–H and O–H groups in total. The van der Waals surface area contributed by atoms with Crippen molar-refractivity contribution in [2.75, 3.05) is 53.4 Å². The molecule has 2 unspecified atom stereocenters. The number of nitrogens with zero attached hydrogens (tertiary/aromatic N) is 3. The third-order valence-corrected chi connectivity index (χ3v) is 4.77. The Morgan fingerprint density at radius 2 is 1.96 bits per heavy atom. The first-order chi connectivity index (χ1) is 11.9. The van der Waals surface area contributed by atoms with Gasteiger partial charge in [0, 0.05) is 38.8 Å². The maximum Gasteiger partial charge on any atom is 0.191 e. The number of piperazine rings is 1. The van der Waals surface area contributed by atoms with Crippen molar-refractivity contribution in [1.82, 2.24) is 20.4 Å². The van der Waals surface area contributed by atoms with E-state index in [4.69, 9.17) is 0 Å². The lowest BCUT2D eigenvalue weighted by molar-refractivity contribution is 0.0672. The Morgan fingerprint density at radius 1 is 1.24 bits per heavy atom. The number of likely N-dealkylation sites (N-methyl/N-ethyl adjacent to an activating group) is 2. The Labute approximate surface area is 151 Å². The van der Waals surface area contributed by atoms with Crippen molar-refractivity contribution in [3.63, 3.8) is 0 Å². The lowest BCUT2D eigenvalue weighted by atomic mass is 9.96. The number of rotatable bonds is 6. The van der Waals surface area contributed by atoms with Crippen molar-refractivity contribution < 1.29 is 5.11 Å². The SMILES string of the molecule is CCNC(=NCC(C)(O)c1ccccc1)NCC1CN(C)CCN1C. The third kappa shape index (κ3) is 5.99. The molecule has 6 heteroatoms. The number of hydrogen-bond donors (Lipinski definition) is 3. The molecule has 1 aromatic rings. The summed E-state index contributed by atoms with van der Waals surface area (Å²) in [6, 6.07) is 10.1. The van der Waals surface area contributed by atoms with Gasteiger partial charge in [-0.1, -0.05) is 30.3 Å². The Morgan fingerprint density at radius 3 is 2.64 bits per heavy atom. The molecule has 1 aliphatic rings. The van der Waals surface area contributed by atoms with Crippen LogP contribution in [0.5, 0.6) is 0 Å². The molecule has 25 heavy (non-hydrogen) atoms. The lowest BCUT2D eigenvalue weighted by Crippen LogP contribution is -2.55. The normalized spacial score (nSPS) is 22.4. The molecular formula is C19H33N5O. The molecule has 0 saturated carbocycles. The highest BCUT2D eigenvalue weighted by atomic mass is 16.3. The average molecular weight is 348 g/mol. The maximum atomic E-state index is 10.7. The smallest absolute Gasteiger partial charge is 0.191 e. The van der Waals surface area contributed by atoms with E-state index in [0.717, 1.165) is 44.2 Å². The molecule has 140 valence electrons. The molecule has 1 heterocycles. The van der Waals surface area contributed by atoms with Crippen LogP contribution in [0.3, 0.4) is 0 Å². The summed E-state index contributed by atoms with van der Waals surface area (Å²) in [5, 5.41) is 17.4. The molecule has 1 fully saturated rings. The molecule has 0 radical (unpaired) electrons. The second kappa shape index (κ2) is 9.17. The maximum absolute atomic E-state index is 10.7. The highest BCUT2D eigenvalue weighted by molar-refractivity contribution is 5.79. The van der Waals surface area contributed by atoms with Crippen LogP contribution in [0.25, 0.3) is 0 Å². The van der Waals surface area contributed by atoms with E-state index in [0.29, 0.717) is 12.6 Å². The predicted molar refractivity (Wildman–Crippen MR) is 104 cm³/mol. The van der Waals surface area contributed by atoms with Gasteiger partial charge in [-0.15, -0.1) is 0 Å². The Bertz CT molecular complexity index is 546. The molecule has 1 aromatic carbocycles. The number of benzene rings is 1. The molecule has 6 nitrogen and oxygen atoms in total. The minimum atomic E-state index is -0.981. The van der Waals surface area contributed by atoms with Crippen molar-refractivity contribution in [2.24, 2.45) is 4.99 Å². The number of guanidine groups is 1. The van der Waals surface area contributed by atoms with E-state index in [1.54, 1.807) is 6.92 Å². The highest BCUT2D eigenvalue weighted by Gasteiger charge is 2.24. The molecule has 2 atom stereocenters. The quantitative estimate of drug-likeness (QED) is 0.522. The molecule has 0 spiro atoms. The van der Waals surface area contributed by atoms with E-state index in [2.05, 4.69) is 39.5 Å². The van der Waals surface area contributed by atoms with Crippen molar-refractivity contribution in [1.29, 1.82) is 0 Å². The van der Waals surface area contributed by atoms with Crippen LogP contribution in [0.4, 0.5) is 0 Å². The summed E-state index contributed by atoms with van der Waals surface area (Å²) in [7, 11) is 4.33. The van der Waals surface area contributed by atoms with Gasteiger partial charge in [-0.25, -0.2) is 4.99 Å². The van der Waals surface area contributed by atoms with E-state index < -0.39 is 5.60 Å². The molecule has 2 rings (SSSR count). The second-order valence-electron chi connectivity index (χ2n) is 7.11. The fourth-order valence-corrected chi connectivity index (χ4v) is 3.00. The van der Waals surface area contributed by atoms with E-state index in [9.17, 15) is 5.11 Å². The molecule has 1 aliphatic heterocycles. The van der Waals surface area contributed by atoms with Crippen LogP contribution in [0, 0.1) is 0 Å². The Balaban J connectivity index is 1.96. The summed E-state index contributed by atoms with van der Waals surface area (Å²) >= 11 is 0. The Hall–Kier alpha value is -1.63. The Kier molecular flexibility index (Phi) is 7.23. The number of nitrogens with one attached hydrogen (secondary N) is 2. The van der Waals surface area contributed by atoms with Crippen LogP contribution in [0.1, 0.15) is 19.4 Å². The summed E-state index contributed by atoms with van der Waals surface area (Å²) < 4.78 is 0. The van der Waals surface area contributed by atoms with Gasteiger partial charge >= 0.3 is 0 Å². The first-order valence-electron chi connectivity index (χ1n) is 9.11. The number of hydrogen-bond acceptors (Lipinski definition) is 4. The largest absolute Gasteiger partial charge is 0.384 e. The first kappa shape index (κ1) is 19.7. The third-order valence-electron chi connectivity index (χ3n) is 4.77. The number of aliphatic imine (C=N–C) groups is 1. The standard InChI is InChI=1S/C19H33N5O/c1-5-20-18(21-13-17-14-23(3)11-12-24(17)4)22-15-19(2,25)16-9-7-6-8-10-16/h6-10,17,25H,5,11-15H2,1-4H3,(H2,20,21,22). The van der Waals surface area contributed by atoms with Gasteiger partial charge in [-0.3, -0.25) is 4.90 Å². The topological polar surface area (TPSA) is 63.1 Å². The van der Waals surface area contributed by atoms with E-state index in [1.807, 2.05) is 37.3 Å². The highest BCUT2D eigenvalue weighted by Crippen LogP contribution is 2.20. The van der Waals surface area contributed by atoms with Crippen LogP contribution in [-0.2, 0) is 5.60 Å². The minimum Gasteiger partial charge on any atom is -0.384 e. The molecule has 0 aliphatic carbocycles. The van der Waals surface area contributed by atoms with Crippen molar-refractivity contribution in [2.45, 2.75) is 25.5 Å². The summed E-state index contributed by atoms with van der Waals surface area (Å²) in [5.74, 6) is 0.750. The summed E-state index contributed by atoms with van der Waals surface area (Å²) in [5.41, 5.74) is -0.103. The van der Waals surface area contributed by atoms with Crippen molar-refractivity contribution in [3.8, 4) is 0 Å². The monoisotopic (exact) mass is 347 g/mol. The van der Waals surface area contributed by atoms with Gasteiger partial charge in [0.25, 0.3) is 0 Å². The zero-order chi connectivity index (χ0) is 18.3. The second-order valence-corrected chi connectivity index (χ2v) is 7.11. The van der Waals surface area contributed by atoms with E-state index in [-0.39, 0.29) is 0 Å². The van der Waals surface area contributed by atoms with Crippen LogP contribution in [0.15, 0.2) is 35.3 Å². The number of aliphatic hydroxyl groups is 1. The van der Waals surface area contributed by atoms with Crippen LogP contribution in [0.2, 0.25) is 0 Å². The van der Waals surface area contributed by atoms with Crippen LogP contribution < -0.4 is 10.6 Å². The van der Waals surface area contributed by atoms with Gasteiger partial charge in [0.15, 0.2) is 5.96 Å². The van der Waals surface area contributed by atoms with Crippen LogP contribution >= 0.6 is 0 Å². The molecule has 0 amide bonds. The van der Waals surface area contributed by atoms with Crippen molar-refractivity contribution in [3.05, 3.63) is 35.9 Å². The van der Waals surface area contributed by atoms with Gasteiger partial charge in [0.1, 0.15) is 5.60 Å². The van der Waals surface area contributed by atoms with Gasteiger partial charge in [-0.05, 0) is 33.5 Å². The van der Waals surface area contributed by atoms with E-state index in [1.165, 1.54) is 0 Å². The van der Waals surface area contributed by atoms with Crippen LogP contribution in [-0.4, -0.2) is 80.3 Å². The molecule has 0 aromatic heterocycles. The van der Waals surface area contributed by atoms with Gasteiger partial charge < -0.3 is 20.6 Å². The van der Waals surface area contributed by atoms with Gasteiger partial charge in [-0.2, -0.15) is 0 Å². The summed E-state index contributed by atoms with van der Waals surface area (Å²) in [6.07, 6.45) is 0. The van der Waals surface area contributed by atoms with Crippen molar-refractivity contribution >= 4 is 5.96 Å². The lowest BCUT2D eigenvalue weighted by Gasteiger charge is -2.38. The average Bonchev–Trinajstić information content (AvgIpc) is 2.61. The summed E-state index contributed by atoms with van der Waals surface area (Å²) in [6.45, 7) is 9.03. The molecular weight excluding hydrogens is 314 g/mol. The van der Waals surface area contributed by atoms with Gasteiger partial charge in [0.05, 0.1) is 6.54 Å². The summed E-state index contributed by atoms with van der Waals surface area (Å²) in [4.78, 5) is 9.35. The fraction of sp³-hybridized carbons (Fsp3) is 0.632. The predicted octanol–water partition coefficient (Wildman–Crippen LogP) is 0.695. The fourth-order valence-electron chi connectivity index (χ4n) is 3.00. The zero-order valence-corrected chi connectivity index (χ0v) is 16.0. The molecule has 0 bridgehead atoms. The molecule has 1 saturated heterocycles. The minimum absolute atomic E-state index is 0.312.